The molecule has 21 heavy (non-hydrogen) atoms. The molecule has 3 heteroatoms. The Morgan fingerprint density at radius 2 is 1.67 bits per heavy atom. The fourth-order valence-corrected chi connectivity index (χ4v) is 2.45. The number of fused-ring (bicyclic) bond motifs is 3. The molecule has 0 radical (unpaired) electrons. The highest BCUT2D eigenvalue weighted by molar-refractivity contribution is 6.02. The first-order chi connectivity index (χ1) is 10.4. The summed E-state index contributed by atoms with van der Waals surface area (Å²) in [6.45, 7) is 0. The standard InChI is InChI=1S/C18H13N3/c1-3-13-5-6-14-7-8-16(10-9-15-4-2-11-19-15)21-18(14)17(13)20-12-1/h1-12,19H/b10-9+. The van der Waals surface area contributed by atoms with Crippen LogP contribution in [0.2, 0.25) is 0 Å². The molecule has 100 valence electrons. The number of aromatic amines is 1. The molecule has 0 aliphatic rings. The third kappa shape index (κ3) is 2.19. The summed E-state index contributed by atoms with van der Waals surface area (Å²) in [6, 6.07) is 16.3. The van der Waals surface area contributed by atoms with Crippen LogP contribution in [0.1, 0.15) is 11.4 Å². The highest BCUT2D eigenvalue weighted by Crippen LogP contribution is 2.22. The summed E-state index contributed by atoms with van der Waals surface area (Å²) < 4.78 is 0. The Balaban J connectivity index is 1.86. The lowest BCUT2D eigenvalue weighted by Crippen LogP contribution is -1.87. The maximum Gasteiger partial charge on any atom is 0.0971 e. The Kier molecular flexibility index (Phi) is 2.75. The summed E-state index contributed by atoms with van der Waals surface area (Å²) in [5.41, 5.74) is 3.88. The van der Waals surface area contributed by atoms with Gasteiger partial charge in [0.15, 0.2) is 0 Å². The largest absolute Gasteiger partial charge is 0.362 e. The third-order valence-electron chi connectivity index (χ3n) is 3.51. The van der Waals surface area contributed by atoms with Crippen LogP contribution in [-0.4, -0.2) is 15.0 Å². The molecule has 0 fully saturated rings. The number of benzene rings is 1. The molecule has 4 rings (SSSR count). The molecule has 4 aromatic rings. The fourth-order valence-electron chi connectivity index (χ4n) is 2.45. The summed E-state index contributed by atoms with van der Waals surface area (Å²) in [7, 11) is 0. The number of pyridine rings is 2. The molecule has 3 aromatic heterocycles. The zero-order valence-electron chi connectivity index (χ0n) is 11.3. The second kappa shape index (κ2) is 4.87. The first kappa shape index (κ1) is 11.9. The zero-order valence-corrected chi connectivity index (χ0v) is 11.3. The summed E-state index contributed by atoms with van der Waals surface area (Å²) in [4.78, 5) is 12.4. The van der Waals surface area contributed by atoms with E-state index in [-0.39, 0.29) is 0 Å². The van der Waals surface area contributed by atoms with Crippen LogP contribution < -0.4 is 0 Å². The minimum atomic E-state index is 0.926. The predicted molar refractivity (Wildman–Crippen MR) is 86.8 cm³/mol. The van der Waals surface area contributed by atoms with E-state index in [0.29, 0.717) is 0 Å². The van der Waals surface area contributed by atoms with E-state index in [0.717, 1.165) is 33.2 Å². The van der Waals surface area contributed by atoms with Crippen molar-refractivity contribution >= 4 is 34.0 Å². The highest BCUT2D eigenvalue weighted by Gasteiger charge is 2.03. The van der Waals surface area contributed by atoms with Gasteiger partial charge in [-0.05, 0) is 36.4 Å². The number of rotatable bonds is 2. The van der Waals surface area contributed by atoms with Crippen molar-refractivity contribution in [1.82, 2.24) is 15.0 Å². The molecule has 0 amide bonds. The molecule has 0 saturated carbocycles. The van der Waals surface area contributed by atoms with Gasteiger partial charge < -0.3 is 4.98 Å². The average molecular weight is 271 g/mol. The molecule has 0 unspecified atom stereocenters. The highest BCUT2D eigenvalue weighted by atomic mass is 14.7. The van der Waals surface area contributed by atoms with Crippen molar-refractivity contribution in [2.24, 2.45) is 0 Å². The molecule has 0 saturated heterocycles. The van der Waals surface area contributed by atoms with Gasteiger partial charge in [0.2, 0.25) is 0 Å². The van der Waals surface area contributed by atoms with Crippen LogP contribution in [0.25, 0.3) is 34.0 Å². The van der Waals surface area contributed by atoms with Gasteiger partial charge >= 0.3 is 0 Å². The van der Waals surface area contributed by atoms with Gasteiger partial charge in [-0.3, -0.25) is 4.98 Å². The Hall–Kier alpha value is -2.94. The second-order valence-corrected chi connectivity index (χ2v) is 4.91. The average Bonchev–Trinajstić information content (AvgIpc) is 3.06. The lowest BCUT2D eigenvalue weighted by Gasteiger charge is -2.03. The number of hydrogen-bond donors (Lipinski definition) is 1. The van der Waals surface area contributed by atoms with Crippen molar-refractivity contribution < 1.29 is 0 Å². The maximum absolute atomic E-state index is 4.74. The van der Waals surface area contributed by atoms with E-state index in [1.165, 1.54) is 0 Å². The normalized spacial score (nSPS) is 11.6. The van der Waals surface area contributed by atoms with Crippen LogP contribution in [0.3, 0.4) is 0 Å². The molecule has 0 atom stereocenters. The Labute approximate surface area is 122 Å². The minimum absolute atomic E-state index is 0.926. The van der Waals surface area contributed by atoms with Crippen LogP contribution in [0.4, 0.5) is 0 Å². The van der Waals surface area contributed by atoms with E-state index in [9.17, 15) is 0 Å². The predicted octanol–water partition coefficient (Wildman–Crippen LogP) is 4.28. The molecule has 3 nitrogen and oxygen atoms in total. The first-order valence-corrected chi connectivity index (χ1v) is 6.86. The molecular formula is C18H13N3. The van der Waals surface area contributed by atoms with Crippen LogP contribution in [0.5, 0.6) is 0 Å². The number of hydrogen-bond acceptors (Lipinski definition) is 2. The van der Waals surface area contributed by atoms with Gasteiger partial charge in [-0.15, -0.1) is 0 Å². The van der Waals surface area contributed by atoms with Gasteiger partial charge in [0.25, 0.3) is 0 Å². The van der Waals surface area contributed by atoms with Gasteiger partial charge in [0.05, 0.1) is 16.7 Å². The third-order valence-corrected chi connectivity index (χ3v) is 3.51. The molecule has 1 aromatic carbocycles. The Morgan fingerprint density at radius 1 is 0.810 bits per heavy atom. The number of aromatic nitrogens is 3. The smallest absolute Gasteiger partial charge is 0.0971 e. The summed E-state index contributed by atoms with van der Waals surface area (Å²) in [6.07, 6.45) is 7.75. The summed E-state index contributed by atoms with van der Waals surface area (Å²) in [5.74, 6) is 0. The van der Waals surface area contributed by atoms with Crippen LogP contribution in [0, 0.1) is 0 Å². The van der Waals surface area contributed by atoms with E-state index in [4.69, 9.17) is 4.98 Å². The number of nitrogens with one attached hydrogen (secondary N) is 1. The summed E-state index contributed by atoms with van der Waals surface area (Å²) in [5, 5.41) is 2.22. The van der Waals surface area contributed by atoms with Gasteiger partial charge in [0.1, 0.15) is 0 Å². The van der Waals surface area contributed by atoms with Gasteiger partial charge in [0, 0.05) is 28.9 Å². The number of nitrogens with zero attached hydrogens (tertiary/aromatic N) is 2. The molecule has 3 heterocycles. The fraction of sp³-hybridized carbons (Fsp3) is 0. The molecule has 0 aliphatic heterocycles. The first-order valence-electron chi connectivity index (χ1n) is 6.86. The van der Waals surface area contributed by atoms with E-state index in [1.54, 1.807) is 0 Å². The quantitative estimate of drug-likeness (QED) is 0.553. The van der Waals surface area contributed by atoms with Crippen molar-refractivity contribution in [2.45, 2.75) is 0 Å². The molecule has 0 bridgehead atoms. The molecule has 0 aliphatic carbocycles. The lowest BCUT2D eigenvalue weighted by molar-refractivity contribution is 1.35. The van der Waals surface area contributed by atoms with E-state index < -0.39 is 0 Å². The Bertz CT molecular complexity index is 937. The van der Waals surface area contributed by atoms with Crippen molar-refractivity contribution in [3.63, 3.8) is 0 Å². The maximum atomic E-state index is 4.74. The van der Waals surface area contributed by atoms with Crippen molar-refractivity contribution in [3.8, 4) is 0 Å². The topological polar surface area (TPSA) is 41.6 Å². The van der Waals surface area contributed by atoms with E-state index in [2.05, 4.69) is 34.2 Å². The van der Waals surface area contributed by atoms with Crippen molar-refractivity contribution in [3.05, 3.63) is 72.3 Å². The van der Waals surface area contributed by atoms with Gasteiger partial charge in [-0.25, -0.2) is 4.98 Å². The van der Waals surface area contributed by atoms with E-state index >= 15 is 0 Å². The van der Waals surface area contributed by atoms with Gasteiger partial charge in [-0.1, -0.05) is 24.3 Å². The van der Waals surface area contributed by atoms with Crippen LogP contribution in [-0.2, 0) is 0 Å². The number of H-pyrrole nitrogens is 1. The van der Waals surface area contributed by atoms with Crippen molar-refractivity contribution in [1.29, 1.82) is 0 Å². The Morgan fingerprint density at radius 3 is 2.52 bits per heavy atom. The minimum Gasteiger partial charge on any atom is -0.362 e. The molecule has 1 N–H and O–H groups in total. The van der Waals surface area contributed by atoms with Crippen LogP contribution in [0.15, 0.2) is 60.9 Å². The van der Waals surface area contributed by atoms with Gasteiger partial charge in [-0.2, -0.15) is 0 Å². The molecular weight excluding hydrogens is 258 g/mol. The monoisotopic (exact) mass is 271 g/mol. The second-order valence-electron chi connectivity index (χ2n) is 4.91. The lowest BCUT2D eigenvalue weighted by atomic mass is 10.1. The SMILES string of the molecule is C(=C\c1ccc[nH]1)/c1ccc2ccc3cccnc3c2n1. The summed E-state index contributed by atoms with van der Waals surface area (Å²) >= 11 is 0. The van der Waals surface area contributed by atoms with Crippen LogP contribution >= 0.6 is 0 Å². The van der Waals surface area contributed by atoms with Crippen molar-refractivity contribution in [2.75, 3.05) is 0 Å². The van der Waals surface area contributed by atoms with E-state index in [1.807, 2.05) is 48.8 Å². The molecule has 0 spiro atoms. The zero-order chi connectivity index (χ0) is 14.1.